The molecule has 8 nitrogen and oxygen atoms in total. The molecule has 0 radical (unpaired) electrons. The summed E-state index contributed by atoms with van der Waals surface area (Å²) in [6.07, 6.45) is -3.97. The van der Waals surface area contributed by atoms with Crippen molar-refractivity contribution in [3.8, 4) is 0 Å². The largest absolute Gasteiger partial charge is 0.425 e. The monoisotopic (exact) mass is 479 g/mol. The highest BCUT2D eigenvalue weighted by molar-refractivity contribution is 7.71. The van der Waals surface area contributed by atoms with Crippen LogP contribution in [0.4, 0.5) is 23.4 Å². The van der Waals surface area contributed by atoms with Crippen molar-refractivity contribution in [3.05, 3.63) is 86.4 Å². The van der Waals surface area contributed by atoms with Crippen molar-refractivity contribution in [2.24, 2.45) is 0 Å². The average molecular weight is 479 g/mol. The Kier molecular flexibility index (Phi) is 5.36. The minimum absolute atomic E-state index is 0.168. The Labute approximate surface area is 187 Å². The number of alkyl halides is 3. The van der Waals surface area contributed by atoms with Crippen LogP contribution in [-0.2, 0) is 16.9 Å². The number of carbonyl (C=O) groups excluding carboxylic acids is 2. The van der Waals surface area contributed by atoms with E-state index in [4.69, 9.17) is 12.2 Å². The van der Waals surface area contributed by atoms with Gasteiger partial charge in [-0.15, -0.1) is 0 Å². The zero-order valence-electron chi connectivity index (χ0n) is 16.4. The number of pyridine rings is 1. The van der Waals surface area contributed by atoms with Crippen LogP contribution in [0, 0.1) is 10.6 Å². The minimum atomic E-state index is -5.42. The molecule has 2 aromatic heterocycles. The first-order valence-corrected chi connectivity index (χ1v) is 9.69. The molecule has 4 rings (SSSR count). The van der Waals surface area contributed by atoms with Crippen molar-refractivity contribution < 1.29 is 27.2 Å². The number of anilines is 1. The fourth-order valence-corrected chi connectivity index (χ4v) is 3.72. The predicted molar refractivity (Wildman–Crippen MR) is 109 cm³/mol. The first-order chi connectivity index (χ1) is 15.5. The Hall–Kier alpha value is -3.87. The second-order valence-corrected chi connectivity index (χ2v) is 7.44. The van der Waals surface area contributed by atoms with Gasteiger partial charge in [-0.1, -0.05) is 6.07 Å². The maximum Gasteiger partial charge on any atom is 0.425 e. The molecule has 3 N–H and O–H groups in total. The van der Waals surface area contributed by atoms with Gasteiger partial charge in [0.25, 0.3) is 22.9 Å². The third kappa shape index (κ3) is 3.69. The quantitative estimate of drug-likeness (QED) is 0.394. The molecular weight excluding hydrogens is 466 g/mol. The van der Waals surface area contributed by atoms with Crippen molar-refractivity contribution in [1.82, 2.24) is 19.9 Å². The van der Waals surface area contributed by atoms with E-state index in [9.17, 15) is 31.9 Å². The van der Waals surface area contributed by atoms with Gasteiger partial charge in [0.05, 0.1) is 12.2 Å². The molecule has 13 heteroatoms. The SMILES string of the molecule is O=C(NC1(C(F)(F)F)C(=O)Nc2c1c(=O)[nH]c(=S)n2Cc1ccccn1)c1ccc(F)cc1. The number of halogens is 4. The molecule has 1 unspecified atom stereocenters. The number of nitrogens with zero attached hydrogens (tertiary/aromatic N) is 2. The van der Waals surface area contributed by atoms with Gasteiger partial charge >= 0.3 is 6.18 Å². The zero-order valence-corrected chi connectivity index (χ0v) is 17.2. The lowest BCUT2D eigenvalue weighted by Crippen LogP contribution is -2.61. The summed E-state index contributed by atoms with van der Waals surface area (Å²) in [6, 6.07) is 8.47. The summed E-state index contributed by atoms with van der Waals surface area (Å²) >= 11 is 5.09. The molecule has 2 amide bonds. The average Bonchev–Trinajstić information content (AvgIpc) is 3.05. The Morgan fingerprint density at radius 2 is 1.85 bits per heavy atom. The number of hydrogen-bond acceptors (Lipinski definition) is 5. The molecule has 1 aromatic carbocycles. The fraction of sp³-hybridized carbons (Fsp3) is 0.150. The van der Waals surface area contributed by atoms with Crippen molar-refractivity contribution in [2.75, 3.05) is 5.32 Å². The number of hydrogen-bond donors (Lipinski definition) is 3. The summed E-state index contributed by atoms with van der Waals surface area (Å²) in [4.78, 5) is 44.2. The molecule has 1 atom stereocenters. The van der Waals surface area contributed by atoms with Crippen LogP contribution in [0.1, 0.15) is 21.6 Å². The number of nitrogens with one attached hydrogen (secondary N) is 3. The van der Waals surface area contributed by atoms with Gasteiger partial charge < -0.3 is 10.6 Å². The minimum Gasteiger partial charge on any atom is -0.326 e. The van der Waals surface area contributed by atoms with Gasteiger partial charge in [0.2, 0.25) is 0 Å². The van der Waals surface area contributed by atoms with Gasteiger partial charge in [-0.05, 0) is 48.6 Å². The Morgan fingerprint density at radius 3 is 2.45 bits per heavy atom. The fourth-order valence-electron chi connectivity index (χ4n) is 3.47. The summed E-state index contributed by atoms with van der Waals surface area (Å²) in [7, 11) is 0. The van der Waals surface area contributed by atoms with Gasteiger partial charge in [0.1, 0.15) is 17.2 Å². The maximum absolute atomic E-state index is 14.4. The molecule has 33 heavy (non-hydrogen) atoms. The number of aromatic nitrogens is 3. The first kappa shape index (κ1) is 22.3. The smallest absolute Gasteiger partial charge is 0.326 e. The maximum atomic E-state index is 14.4. The molecule has 0 aliphatic carbocycles. The molecule has 1 aliphatic heterocycles. The van der Waals surface area contributed by atoms with Crippen molar-refractivity contribution in [1.29, 1.82) is 0 Å². The normalized spacial score (nSPS) is 17.4. The molecule has 0 saturated heterocycles. The molecule has 3 heterocycles. The van der Waals surface area contributed by atoms with Gasteiger partial charge in [0.15, 0.2) is 4.77 Å². The molecular formula is C20H13F4N5O3S. The zero-order chi connectivity index (χ0) is 24.0. The van der Waals surface area contributed by atoms with E-state index in [1.165, 1.54) is 6.20 Å². The van der Waals surface area contributed by atoms with Crippen LogP contribution in [0.15, 0.2) is 53.5 Å². The Balaban J connectivity index is 1.89. The van der Waals surface area contributed by atoms with Crippen LogP contribution in [0.3, 0.4) is 0 Å². The molecule has 0 spiro atoms. The molecule has 0 fully saturated rings. The number of aromatic amines is 1. The van der Waals surface area contributed by atoms with E-state index in [0.717, 1.165) is 28.8 Å². The van der Waals surface area contributed by atoms with E-state index in [1.807, 2.05) is 5.32 Å². The molecule has 3 aromatic rings. The van der Waals surface area contributed by atoms with E-state index in [2.05, 4.69) is 9.97 Å². The topological polar surface area (TPSA) is 109 Å². The Morgan fingerprint density at radius 1 is 1.15 bits per heavy atom. The van der Waals surface area contributed by atoms with E-state index >= 15 is 0 Å². The second kappa shape index (κ2) is 7.92. The Bertz CT molecular complexity index is 1370. The first-order valence-electron chi connectivity index (χ1n) is 9.28. The summed E-state index contributed by atoms with van der Waals surface area (Å²) in [5, 5.41) is 3.69. The highest BCUT2D eigenvalue weighted by Crippen LogP contribution is 2.45. The van der Waals surface area contributed by atoms with Gasteiger partial charge in [-0.25, -0.2) is 4.39 Å². The molecule has 170 valence electrons. The van der Waals surface area contributed by atoms with Crippen LogP contribution >= 0.6 is 12.2 Å². The standard InChI is InChI=1S/C20H13F4N5O3S/c21-11-6-4-10(5-7-11)15(30)28-19(20(22,23)24)13-14(26-17(19)32)29(18(33)27-16(13)31)9-12-3-1-2-8-25-12/h1-8H,9H2,(H,26,32)(H,28,30)(H,27,31,33). The number of benzene rings is 1. The van der Waals surface area contributed by atoms with Crippen LogP contribution in [-0.4, -0.2) is 32.5 Å². The summed E-state index contributed by atoms with van der Waals surface area (Å²) < 4.78 is 57.1. The van der Waals surface area contributed by atoms with Gasteiger partial charge in [-0.2, -0.15) is 13.2 Å². The number of rotatable bonds is 4. The number of carbonyl (C=O) groups is 2. The molecule has 1 aliphatic rings. The van der Waals surface area contributed by atoms with Crippen LogP contribution in [0.2, 0.25) is 0 Å². The van der Waals surface area contributed by atoms with E-state index < -0.39 is 46.3 Å². The number of amides is 2. The third-order valence-electron chi connectivity index (χ3n) is 5.03. The molecule has 0 bridgehead atoms. The highest BCUT2D eigenvalue weighted by Gasteiger charge is 2.68. The number of H-pyrrole nitrogens is 1. The van der Waals surface area contributed by atoms with Crippen LogP contribution in [0.25, 0.3) is 0 Å². The lowest BCUT2D eigenvalue weighted by molar-refractivity contribution is -0.196. The van der Waals surface area contributed by atoms with E-state index in [0.29, 0.717) is 5.69 Å². The van der Waals surface area contributed by atoms with Crippen molar-refractivity contribution in [3.63, 3.8) is 0 Å². The third-order valence-corrected chi connectivity index (χ3v) is 5.35. The lowest BCUT2D eigenvalue weighted by Gasteiger charge is -2.30. The van der Waals surface area contributed by atoms with Crippen LogP contribution in [0.5, 0.6) is 0 Å². The van der Waals surface area contributed by atoms with E-state index in [-0.39, 0.29) is 16.9 Å². The van der Waals surface area contributed by atoms with Gasteiger partial charge in [-0.3, -0.25) is 28.9 Å². The summed E-state index contributed by atoms with van der Waals surface area (Å²) in [6.45, 7) is -0.168. The predicted octanol–water partition coefficient (Wildman–Crippen LogP) is 2.63. The van der Waals surface area contributed by atoms with Crippen molar-refractivity contribution >= 4 is 29.9 Å². The highest BCUT2D eigenvalue weighted by atomic mass is 32.1. The van der Waals surface area contributed by atoms with Gasteiger partial charge in [0, 0.05) is 11.8 Å². The summed E-state index contributed by atoms with van der Waals surface area (Å²) in [5.74, 6) is -4.27. The van der Waals surface area contributed by atoms with Crippen LogP contribution < -0.4 is 16.2 Å². The number of fused-ring (bicyclic) bond motifs is 1. The molecule has 0 saturated carbocycles. The lowest BCUT2D eigenvalue weighted by atomic mass is 9.91. The second-order valence-electron chi connectivity index (χ2n) is 7.05. The summed E-state index contributed by atoms with van der Waals surface area (Å²) in [5.41, 5.74) is -6.05. The van der Waals surface area contributed by atoms with Crippen molar-refractivity contribution in [2.45, 2.75) is 18.3 Å². The van der Waals surface area contributed by atoms with E-state index in [1.54, 1.807) is 23.5 Å².